The van der Waals surface area contributed by atoms with Crippen LogP contribution in [-0.2, 0) is 0 Å². The van der Waals surface area contributed by atoms with E-state index in [1.807, 2.05) is 20.8 Å². The molecule has 1 heterocycles. The van der Waals surface area contributed by atoms with Crippen LogP contribution >= 0.6 is 11.6 Å². The minimum Gasteiger partial charge on any atom is -0.369 e. The highest BCUT2D eigenvalue weighted by Crippen LogP contribution is 2.37. The van der Waals surface area contributed by atoms with E-state index in [4.69, 9.17) is 11.6 Å². The number of aliphatic hydroxyl groups is 1. The van der Waals surface area contributed by atoms with Crippen LogP contribution in [-0.4, -0.2) is 21.5 Å². The molecule has 0 bridgehead atoms. The molecule has 1 aromatic carbocycles. The fourth-order valence-electron chi connectivity index (χ4n) is 1.99. The summed E-state index contributed by atoms with van der Waals surface area (Å²) in [6.45, 7) is 5.67. The molecule has 0 aromatic heterocycles. The zero-order valence-electron chi connectivity index (χ0n) is 9.49. The smallest absolute Gasteiger partial charge is 0.257 e. The van der Waals surface area contributed by atoms with E-state index in [2.05, 4.69) is 0 Å². The van der Waals surface area contributed by atoms with Gasteiger partial charge in [-0.05, 0) is 39.0 Å². The molecule has 1 aliphatic heterocycles. The van der Waals surface area contributed by atoms with E-state index in [-0.39, 0.29) is 5.91 Å². The summed E-state index contributed by atoms with van der Waals surface area (Å²) >= 11 is 5.86. The lowest BCUT2D eigenvalue weighted by molar-refractivity contribution is -0.0228. The van der Waals surface area contributed by atoms with Gasteiger partial charge in [-0.25, -0.2) is 0 Å². The van der Waals surface area contributed by atoms with Crippen LogP contribution in [0.2, 0.25) is 5.02 Å². The van der Waals surface area contributed by atoms with Crippen molar-refractivity contribution in [3.8, 4) is 0 Å². The second kappa shape index (κ2) is 3.47. The van der Waals surface area contributed by atoms with Gasteiger partial charge >= 0.3 is 0 Å². The number of hydrogen-bond donors (Lipinski definition) is 1. The minimum absolute atomic E-state index is 0.147. The summed E-state index contributed by atoms with van der Waals surface area (Å²) in [6.07, 6.45) is -0.902. The quantitative estimate of drug-likeness (QED) is 0.756. The maximum atomic E-state index is 12.1. The fraction of sp³-hybridized carbons (Fsp3) is 0.417. The van der Waals surface area contributed by atoms with Crippen LogP contribution in [0.1, 0.15) is 42.9 Å². The Balaban J connectivity index is 2.53. The summed E-state index contributed by atoms with van der Waals surface area (Å²) in [5, 5.41) is 10.6. The first-order valence-electron chi connectivity index (χ1n) is 5.13. The van der Waals surface area contributed by atoms with Crippen LogP contribution in [0.5, 0.6) is 0 Å². The largest absolute Gasteiger partial charge is 0.369 e. The molecule has 1 atom stereocenters. The third-order valence-electron chi connectivity index (χ3n) is 2.71. The summed E-state index contributed by atoms with van der Waals surface area (Å²) < 4.78 is 0. The average molecular weight is 240 g/mol. The molecule has 4 heteroatoms. The van der Waals surface area contributed by atoms with E-state index in [1.54, 1.807) is 18.2 Å². The van der Waals surface area contributed by atoms with E-state index in [0.717, 1.165) is 0 Å². The number of benzene rings is 1. The lowest BCUT2D eigenvalue weighted by atomic mass is 10.1. The number of carbonyl (C=O) groups excluding carboxylic acids is 1. The van der Waals surface area contributed by atoms with Crippen LogP contribution in [0, 0.1) is 0 Å². The van der Waals surface area contributed by atoms with Gasteiger partial charge in [0.2, 0.25) is 0 Å². The van der Waals surface area contributed by atoms with Crippen molar-refractivity contribution in [1.29, 1.82) is 0 Å². The summed E-state index contributed by atoms with van der Waals surface area (Å²) in [6, 6.07) is 4.97. The molecule has 0 saturated carbocycles. The van der Waals surface area contributed by atoms with Crippen molar-refractivity contribution in [2.24, 2.45) is 0 Å². The molecule has 0 fully saturated rings. The number of hydrogen-bond acceptors (Lipinski definition) is 2. The predicted octanol–water partition coefficient (Wildman–Crippen LogP) is 2.59. The number of aliphatic hydroxyl groups excluding tert-OH is 1. The molecule has 0 aliphatic carbocycles. The first kappa shape index (κ1) is 11.4. The Labute approximate surface area is 99.6 Å². The summed E-state index contributed by atoms with van der Waals surface area (Å²) in [5.74, 6) is -0.147. The number of fused-ring (bicyclic) bond motifs is 1. The monoisotopic (exact) mass is 239 g/mol. The Bertz CT molecular complexity index is 451. The van der Waals surface area contributed by atoms with E-state index in [0.29, 0.717) is 16.1 Å². The zero-order chi connectivity index (χ0) is 12.1. The summed E-state index contributed by atoms with van der Waals surface area (Å²) in [5.41, 5.74) is 0.710. The highest BCUT2D eigenvalue weighted by molar-refractivity contribution is 6.30. The van der Waals surface area contributed by atoms with Gasteiger partial charge in [0, 0.05) is 21.7 Å². The first-order valence-corrected chi connectivity index (χ1v) is 5.51. The Morgan fingerprint density at radius 1 is 1.38 bits per heavy atom. The van der Waals surface area contributed by atoms with Crippen molar-refractivity contribution in [2.75, 3.05) is 0 Å². The van der Waals surface area contributed by atoms with Crippen LogP contribution in [0.25, 0.3) is 0 Å². The molecule has 0 saturated heterocycles. The van der Waals surface area contributed by atoms with Gasteiger partial charge < -0.3 is 10.0 Å². The molecule has 1 aromatic rings. The second-order valence-electron chi connectivity index (χ2n) is 4.95. The van der Waals surface area contributed by atoms with E-state index >= 15 is 0 Å². The SMILES string of the molecule is CC(C)(C)N1C(=O)c2ccc(Cl)cc2[C@@H]1O. The third-order valence-corrected chi connectivity index (χ3v) is 2.94. The molecule has 1 amide bonds. The van der Waals surface area contributed by atoms with Gasteiger partial charge in [0.1, 0.15) is 0 Å². The van der Waals surface area contributed by atoms with Crippen molar-refractivity contribution >= 4 is 17.5 Å². The third kappa shape index (κ3) is 1.60. The highest BCUT2D eigenvalue weighted by Gasteiger charge is 2.41. The molecule has 0 spiro atoms. The van der Waals surface area contributed by atoms with Crippen LogP contribution in [0.3, 0.4) is 0 Å². The van der Waals surface area contributed by atoms with Crippen molar-refractivity contribution in [3.63, 3.8) is 0 Å². The molecule has 86 valence electrons. The van der Waals surface area contributed by atoms with E-state index in [9.17, 15) is 9.90 Å². The summed E-state index contributed by atoms with van der Waals surface area (Å²) in [7, 11) is 0. The Kier molecular flexibility index (Phi) is 2.48. The lowest BCUT2D eigenvalue weighted by Gasteiger charge is -2.34. The molecular weight excluding hydrogens is 226 g/mol. The fourth-order valence-corrected chi connectivity index (χ4v) is 2.17. The standard InChI is InChI=1S/C12H14ClNO2/c1-12(2,3)14-10(15)8-5-4-7(13)6-9(8)11(14)16/h4-6,11,16H,1-3H3/t11-/m0/s1. The van der Waals surface area contributed by atoms with E-state index < -0.39 is 11.8 Å². The molecule has 16 heavy (non-hydrogen) atoms. The summed E-state index contributed by atoms with van der Waals surface area (Å²) in [4.78, 5) is 13.6. The maximum Gasteiger partial charge on any atom is 0.257 e. The van der Waals surface area contributed by atoms with Crippen molar-refractivity contribution < 1.29 is 9.90 Å². The van der Waals surface area contributed by atoms with Gasteiger partial charge in [-0.3, -0.25) is 4.79 Å². The molecule has 0 unspecified atom stereocenters. The van der Waals surface area contributed by atoms with Gasteiger partial charge in [0.15, 0.2) is 6.23 Å². The lowest BCUT2D eigenvalue weighted by Crippen LogP contribution is -2.43. The average Bonchev–Trinajstić information content (AvgIpc) is 2.38. The number of halogens is 1. The van der Waals surface area contributed by atoms with Crippen LogP contribution in [0.4, 0.5) is 0 Å². The van der Waals surface area contributed by atoms with Gasteiger partial charge in [0.25, 0.3) is 5.91 Å². The van der Waals surface area contributed by atoms with Gasteiger partial charge in [-0.1, -0.05) is 11.6 Å². The highest BCUT2D eigenvalue weighted by atomic mass is 35.5. The number of nitrogens with zero attached hydrogens (tertiary/aromatic N) is 1. The van der Waals surface area contributed by atoms with Crippen LogP contribution < -0.4 is 0 Å². The maximum absolute atomic E-state index is 12.1. The van der Waals surface area contributed by atoms with Crippen molar-refractivity contribution in [3.05, 3.63) is 34.3 Å². The van der Waals surface area contributed by atoms with Crippen LogP contribution in [0.15, 0.2) is 18.2 Å². The van der Waals surface area contributed by atoms with Gasteiger partial charge in [-0.2, -0.15) is 0 Å². The molecule has 2 rings (SSSR count). The topological polar surface area (TPSA) is 40.5 Å². The minimum atomic E-state index is -0.902. The van der Waals surface area contributed by atoms with E-state index in [1.165, 1.54) is 4.90 Å². The van der Waals surface area contributed by atoms with Crippen molar-refractivity contribution in [2.45, 2.75) is 32.5 Å². The predicted molar refractivity (Wildman–Crippen MR) is 62.3 cm³/mol. The number of amides is 1. The molecule has 1 N–H and O–H groups in total. The Morgan fingerprint density at radius 2 is 2.00 bits per heavy atom. The van der Waals surface area contributed by atoms with Gasteiger partial charge in [-0.15, -0.1) is 0 Å². The Hall–Kier alpha value is -1.06. The molecule has 0 radical (unpaired) electrons. The van der Waals surface area contributed by atoms with Crippen molar-refractivity contribution in [1.82, 2.24) is 4.90 Å². The number of rotatable bonds is 0. The molecule has 1 aliphatic rings. The second-order valence-corrected chi connectivity index (χ2v) is 5.39. The first-order chi connectivity index (χ1) is 7.32. The zero-order valence-corrected chi connectivity index (χ0v) is 10.2. The Morgan fingerprint density at radius 3 is 2.56 bits per heavy atom. The number of carbonyl (C=O) groups is 1. The molecular formula is C12H14ClNO2. The normalized spacial score (nSPS) is 20.2. The molecule has 3 nitrogen and oxygen atoms in total. The van der Waals surface area contributed by atoms with Gasteiger partial charge in [0.05, 0.1) is 0 Å².